The second-order valence-electron chi connectivity index (χ2n) is 5.00. The van der Waals surface area contributed by atoms with Crippen LogP contribution in [0.4, 0.5) is 0 Å². The van der Waals surface area contributed by atoms with Gasteiger partial charge in [-0.05, 0) is 24.6 Å². The Morgan fingerprint density at radius 2 is 1.70 bits per heavy atom. The molecule has 0 aliphatic carbocycles. The summed E-state index contributed by atoms with van der Waals surface area (Å²) in [6.45, 7) is 2.92. The summed E-state index contributed by atoms with van der Waals surface area (Å²) in [6.07, 6.45) is 8.65. The molecule has 0 atom stereocenters. The zero-order chi connectivity index (χ0) is 14.8. The smallest absolute Gasteiger partial charge is 0.252 e. The minimum atomic E-state index is -0.127. The fourth-order valence-corrected chi connectivity index (χ4v) is 2.55. The van der Waals surface area contributed by atoms with Crippen LogP contribution in [-0.2, 0) is 0 Å². The number of nitrogens with one attached hydrogen (secondary N) is 1. The molecule has 1 amide bonds. The number of halogens is 2. The second-order valence-corrected chi connectivity index (χ2v) is 5.85. The van der Waals surface area contributed by atoms with Gasteiger partial charge in [0.1, 0.15) is 0 Å². The highest BCUT2D eigenvalue weighted by Crippen LogP contribution is 2.20. The van der Waals surface area contributed by atoms with Gasteiger partial charge in [-0.3, -0.25) is 4.79 Å². The van der Waals surface area contributed by atoms with Crippen molar-refractivity contribution in [3.05, 3.63) is 33.8 Å². The molecule has 1 aromatic rings. The van der Waals surface area contributed by atoms with E-state index < -0.39 is 0 Å². The van der Waals surface area contributed by atoms with Crippen LogP contribution in [0, 0.1) is 0 Å². The number of carbonyl (C=O) groups is 1. The molecule has 0 saturated carbocycles. The van der Waals surface area contributed by atoms with Gasteiger partial charge in [-0.2, -0.15) is 0 Å². The van der Waals surface area contributed by atoms with Crippen LogP contribution in [0.1, 0.15) is 62.2 Å². The van der Waals surface area contributed by atoms with Gasteiger partial charge in [0.2, 0.25) is 0 Å². The van der Waals surface area contributed by atoms with Crippen molar-refractivity contribution < 1.29 is 4.79 Å². The minimum absolute atomic E-state index is 0.127. The number of carbonyl (C=O) groups excluding carboxylic acids is 1. The molecule has 0 aliphatic heterocycles. The number of unbranched alkanes of at least 4 members (excludes halogenated alkanes) is 6. The van der Waals surface area contributed by atoms with Gasteiger partial charge in [0.15, 0.2) is 0 Å². The zero-order valence-electron chi connectivity index (χ0n) is 12.1. The summed E-state index contributed by atoms with van der Waals surface area (Å²) in [4.78, 5) is 11.9. The maximum absolute atomic E-state index is 11.9. The summed E-state index contributed by atoms with van der Waals surface area (Å²) in [6, 6.07) is 4.92. The van der Waals surface area contributed by atoms with Gasteiger partial charge in [0.05, 0.1) is 10.6 Å². The average Bonchev–Trinajstić information content (AvgIpc) is 2.41. The number of rotatable bonds is 9. The summed E-state index contributed by atoms with van der Waals surface area (Å²) in [7, 11) is 0. The highest BCUT2D eigenvalue weighted by molar-refractivity contribution is 6.36. The molecule has 0 radical (unpaired) electrons. The van der Waals surface area contributed by atoms with Gasteiger partial charge in [-0.1, -0.05) is 68.7 Å². The van der Waals surface area contributed by atoms with E-state index in [0.29, 0.717) is 22.2 Å². The number of hydrogen-bond acceptors (Lipinski definition) is 1. The van der Waals surface area contributed by atoms with Crippen molar-refractivity contribution >= 4 is 29.1 Å². The Bertz CT molecular complexity index is 421. The molecule has 2 nitrogen and oxygen atoms in total. The number of benzene rings is 1. The fraction of sp³-hybridized carbons (Fsp3) is 0.562. The monoisotopic (exact) mass is 315 g/mol. The van der Waals surface area contributed by atoms with E-state index in [2.05, 4.69) is 12.2 Å². The minimum Gasteiger partial charge on any atom is -0.352 e. The van der Waals surface area contributed by atoms with Crippen LogP contribution < -0.4 is 5.32 Å². The fourth-order valence-electron chi connectivity index (χ4n) is 2.05. The third-order valence-corrected chi connectivity index (χ3v) is 3.79. The zero-order valence-corrected chi connectivity index (χ0v) is 13.6. The summed E-state index contributed by atoms with van der Waals surface area (Å²) >= 11 is 11.8. The van der Waals surface area contributed by atoms with Crippen LogP contribution in [0.15, 0.2) is 18.2 Å². The molecule has 1 aromatic carbocycles. The quantitative estimate of drug-likeness (QED) is 0.601. The van der Waals surface area contributed by atoms with Gasteiger partial charge in [-0.15, -0.1) is 0 Å². The van der Waals surface area contributed by atoms with E-state index in [1.54, 1.807) is 18.2 Å². The SMILES string of the molecule is CCCCCCCCCNC(=O)c1ccc(Cl)cc1Cl. The molecule has 20 heavy (non-hydrogen) atoms. The molecule has 0 aliphatic rings. The first-order valence-electron chi connectivity index (χ1n) is 7.38. The largest absolute Gasteiger partial charge is 0.352 e. The van der Waals surface area contributed by atoms with E-state index in [1.165, 1.54) is 38.5 Å². The molecule has 0 aromatic heterocycles. The summed E-state index contributed by atoms with van der Waals surface area (Å²) in [5.41, 5.74) is 0.485. The van der Waals surface area contributed by atoms with Gasteiger partial charge < -0.3 is 5.32 Å². The van der Waals surface area contributed by atoms with Crippen molar-refractivity contribution in [3.63, 3.8) is 0 Å². The molecular formula is C16H23Cl2NO. The van der Waals surface area contributed by atoms with Crippen molar-refractivity contribution in [2.75, 3.05) is 6.54 Å². The molecule has 0 saturated heterocycles. The average molecular weight is 316 g/mol. The van der Waals surface area contributed by atoms with Crippen molar-refractivity contribution in [2.45, 2.75) is 51.9 Å². The van der Waals surface area contributed by atoms with Crippen LogP contribution >= 0.6 is 23.2 Å². The Hall–Kier alpha value is -0.730. The highest BCUT2D eigenvalue weighted by Gasteiger charge is 2.09. The molecule has 0 unspecified atom stereocenters. The van der Waals surface area contributed by atoms with Crippen molar-refractivity contribution in [2.24, 2.45) is 0 Å². The van der Waals surface area contributed by atoms with Crippen molar-refractivity contribution in [1.29, 1.82) is 0 Å². The first-order chi connectivity index (χ1) is 9.65. The van der Waals surface area contributed by atoms with Crippen LogP contribution in [0.3, 0.4) is 0 Å². The molecule has 112 valence electrons. The predicted molar refractivity (Wildman–Crippen MR) is 86.8 cm³/mol. The summed E-state index contributed by atoms with van der Waals surface area (Å²) in [5.74, 6) is -0.127. The van der Waals surface area contributed by atoms with Gasteiger partial charge in [0.25, 0.3) is 5.91 Å². The predicted octanol–water partition coefficient (Wildman–Crippen LogP) is 5.47. The third kappa shape index (κ3) is 6.62. The van der Waals surface area contributed by atoms with Gasteiger partial charge >= 0.3 is 0 Å². The molecule has 0 bridgehead atoms. The molecule has 0 heterocycles. The lowest BCUT2D eigenvalue weighted by atomic mass is 10.1. The lowest BCUT2D eigenvalue weighted by molar-refractivity contribution is 0.0953. The lowest BCUT2D eigenvalue weighted by Crippen LogP contribution is -2.24. The van der Waals surface area contributed by atoms with E-state index >= 15 is 0 Å². The molecule has 0 fully saturated rings. The van der Waals surface area contributed by atoms with Crippen LogP contribution in [0.2, 0.25) is 10.0 Å². The second kappa shape index (κ2) is 10.1. The maximum atomic E-state index is 11.9. The standard InChI is InChI=1S/C16H23Cl2NO/c1-2-3-4-5-6-7-8-11-19-16(20)14-10-9-13(17)12-15(14)18/h9-10,12H,2-8,11H2,1H3,(H,19,20). The normalized spacial score (nSPS) is 10.6. The van der Waals surface area contributed by atoms with E-state index in [9.17, 15) is 4.79 Å². The van der Waals surface area contributed by atoms with Gasteiger partial charge in [0, 0.05) is 11.6 Å². The summed E-state index contributed by atoms with van der Waals surface area (Å²) < 4.78 is 0. The molecule has 1 rings (SSSR count). The number of hydrogen-bond donors (Lipinski definition) is 1. The van der Waals surface area contributed by atoms with Crippen molar-refractivity contribution in [1.82, 2.24) is 5.32 Å². The Labute approximate surface area is 131 Å². The molecule has 4 heteroatoms. The molecular weight excluding hydrogens is 293 g/mol. The topological polar surface area (TPSA) is 29.1 Å². The van der Waals surface area contributed by atoms with Gasteiger partial charge in [-0.25, -0.2) is 0 Å². The van der Waals surface area contributed by atoms with Crippen LogP contribution in [0.5, 0.6) is 0 Å². The Kier molecular flexibility index (Phi) is 8.72. The Morgan fingerprint density at radius 1 is 1.05 bits per heavy atom. The van der Waals surface area contributed by atoms with E-state index in [-0.39, 0.29) is 5.91 Å². The molecule has 1 N–H and O–H groups in total. The number of amides is 1. The molecule has 0 spiro atoms. The third-order valence-electron chi connectivity index (χ3n) is 3.24. The Morgan fingerprint density at radius 3 is 2.35 bits per heavy atom. The van der Waals surface area contributed by atoms with E-state index in [4.69, 9.17) is 23.2 Å². The lowest BCUT2D eigenvalue weighted by Gasteiger charge is -2.07. The van der Waals surface area contributed by atoms with Crippen molar-refractivity contribution in [3.8, 4) is 0 Å². The van der Waals surface area contributed by atoms with Crippen LogP contribution in [-0.4, -0.2) is 12.5 Å². The van der Waals surface area contributed by atoms with E-state index in [1.807, 2.05) is 0 Å². The van der Waals surface area contributed by atoms with E-state index in [0.717, 1.165) is 6.42 Å². The Balaban J connectivity index is 2.17. The summed E-state index contributed by atoms with van der Waals surface area (Å²) in [5, 5.41) is 3.83. The highest BCUT2D eigenvalue weighted by atomic mass is 35.5. The van der Waals surface area contributed by atoms with Crippen LogP contribution in [0.25, 0.3) is 0 Å². The maximum Gasteiger partial charge on any atom is 0.252 e. The first-order valence-corrected chi connectivity index (χ1v) is 8.14. The first kappa shape index (κ1) is 17.3.